The summed E-state index contributed by atoms with van der Waals surface area (Å²) in [5.74, 6) is 0. The van der Waals surface area contributed by atoms with Crippen LogP contribution in [0.1, 0.15) is 11.1 Å². The van der Waals surface area contributed by atoms with Gasteiger partial charge >= 0.3 is 0 Å². The number of rotatable bonds is 5. The van der Waals surface area contributed by atoms with Gasteiger partial charge in [0, 0.05) is 35.4 Å². The lowest BCUT2D eigenvalue weighted by molar-refractivity contribution is 0.693. The average molecular weight is 350 g/mol. The minimum atomic E-state index is 0.649. The van der Waals surface area contributed by atoms with Gasteiger partial charge in [0.2, 0.25) is 0 Å². The van der Waals surface area contributed by atoms with Crippen molar-refractivity contribution >= 4 is 17.2 Å². The number of halogens is 1. The molecule has 0 aliphatic rings. The highest BCUT2D eigenvalue weighted by atomic mass is 35.5. The molecule has 6 heteroatoms. The van der Waals surface area contributed by atoms with Crippen molar-refractivity contribution in [1.82, 2.24) is 25.4 Å². The van der Waals surface area contributed by atoms with E-state index in [1.54, 1.807) is 4.52 Å². The Morgan fingerprint density at radius 2 is 1.64 bits per heavy atom. The molecule has 4 aromatic rings. The Hall–Kier alpha value is -2.76. The summed E-state index contributed by atoms with van der Waals surface area (Å²) in [7, 11) is 0. The molecule has 0 amide bonds. The number of tetrazole rings is 1. The summed E-state index contributed by atoms with van der Waals surface area (Å²) in [5, 5.41) is 16.2. The number of nitrogens with one attached hydrogen (secondary N) is 1. The van der Waals surface area contributed by atoms with Gasteiger partial charge in [-0.25, -0.2) is 0 Å². The zero-order chi connectivity index (χ0) is 17.1. The first-order valence-corrected chi connectivity index (χ1v) is 8.39. The Morgan fingerprint density at radius 1 is 0.880 bits per heavy atom. The van der Waals surface area contributed by atoms with Gasteiger partial charge in [-0.05, 0) is 33.7 Å². The number of fused-ring (bicyclic) bond motifs is 1. The predicted octanol–water partition coefficient (Wildman–Crippen LogP) is 3.73. The lowest BCUT2D eigenvalue weighted by atomic mass is 10.1. The fourth-order valence-corrected chi connectivity index (χ4v) is 3.01. The number of hydrogen-bond acceptors (Lipinski definition) is 4. The van der Waals surface area contributed by atoms with Crippen molar-refractivity contribution in [3.63, 3.8) is 0 Å². The van der Waals surface area contributed by atoms with Crippen molar-refractivity contribution < 1.29 is 0 Å². The fourth-order valence-electron chi connectivity index (χ4n) is 2.81. The Morgan fingerprint density at radius 3 is 2.48 bits per heavy atom. The lowest BCUT2D eigenvalue weighted by Gasteiger charge is -2.09. The summed E-state index contributed by atoms with van der Waals surface area (Å²) in [6, 6.07) is 20.2. The molecular weight excluding hydrogens is 334 g/mol. The number of aromatic nitrogens is 4. The standard InChI is InChI=1S/C19H16ClN5/c20-18-9-5-4-8-15(18)11-21-12-16-10-17(14-6-2-1-3-7-14)13-25-19(16)22-23-24-25/h1-10,13,21H,11-12H2. The highest BCUT2D eigenvalue weighted by Crippen LogP contribution is 2.22. The largest absolute Gasteiger partial charge is 0.308 e. The first-order chi connectivity index (χ1) is 12.3. The smallest absolute Gasteiger partial charge is 0.183 e. The van der Waals surface area contributed by atoms with Crippen molar-refractivity contribution in [1.29, 1.82) is 0 Å². The van der Waals surface area contributed by atoms with Gasteiger partial charge in [0.15, 0.2) is 5.65 Å². The summed E-state index contributed by atoms with van der Waals surface area (Å²) in [4.78, 5) is 0. The fraction of sp³-hybridized carbons (Fsp3) is 0.105. The Balaban J connectivity index is 1.60. The molecule has 124 valence electrons. The maximum Gasteiger partial charge on any atom is 0.183 e. The third kappa shape index (κ3) is 3.38. The molecule has 5 nitrogen and oxygen atoms in total. The Bertz CT molecular complexity index is 997. The van der Waals surface area contributed by atoms with Crippen LogP contribution in [-0.4, -0.2) is 20.0 Å². The summed E-state index contributed by atoms with van der Waals surface area (Å²) in [5.41, 5.74) is 5.07. The van der Waals surface area contributed by atoms with Crippen molar-refractivity contribution in [2.24, 2.45) is 0 Å². The summed E-state index contributed by atoms with van der Waals surface area (Å²) < 4.78 is 1.72. The van der Waals surface area contributed by atoms with Crippen molar-refractivity contribution in [3.05, 3.63) is 83.0 Å². The molecule has 0 radical (unpaired) electrons. The van der Waals surface area contributed by atoms with Crippen LogP contribution >= 0.6 is 11.6 Å². The predicted molar refractivity (Wildman–Crippen MR) is 98.2 cm³/mol. The van der Waals surface area contributed by atoms with Crippen molar-refractivity contribution in [3.8, 4) is 11.1 Å². The highest BCUT2D eigenvalue weighted by molar-refractivity contribution is 6.31. The van der Waals surface area contributed by atoms with Crippen LogP contribution in [-0.2, 0) is 13.1 Å². The van der Waals surface area contributed by atoms with Crippen LogP contribution in [0.15, 0.2) is 66.9 Å². The van der Waals surface area contributed by atoms with E-state index in [1.165, 1.54) is 0 Å². The van der Waals surface area contributed by atoms with Gasteiger partial charge in [-0.3, -0.25) is 0 Å². The number of pyridine rings is 1. The van der Waals surface area contributed by atoms with E-state index in [4.69, 9.17) is 11.6 Å². The summed E-state index contributed by atoms with van der Waals surface area (Å²) in [6.07, 6.45) is 1.95. The zero-order valence-electron chi connectivity index (χ0n) is 13.4. The molecule has 2 aromatic heterocycles. The maximum atomic E-state index is 6.21. The summed E-state index contributed by atoms with van der Waals surface area (Å²) >= 11 is 6.21. The second-order valence-corrected chi connectivity index (χ2v) is 6.17. The van der Waals surface area contributed by atoms with E-state index in [0.717, 1.165) is 32.9 Å². The zero-order valence-corrected chi connectivity index (χ0v) is 14.2. The first-order valence-electron chi connectivity index (χ1n) is 8.01. The van der Waals surface area contributed by atoms with Crippen LogP contribution in [0.4, 0.5) is 0 Å². The van der Waals surface area contributed by atoms with E-state index in [0.29, 0.717) is 13.1 Å². The molecule has 0 unspecified atom stereocenters. The van der Waals surface area contributed by atoms with E-state index in [2.05, 4.69) is 39.0 Å². The quantitative estimate of drug-likeness (QED) is 0.596. The molecule has 0 spiro atoms. The highest BCUT2D eigenvalue weighted by Gasteiger charge is 2.09. The number of nitrogens with zero attached hydrogens (tertiary/aromatic N) is 4. The van der Waals surface area contributed by atoms with Gasteiger partial charge in [0.05, 0.1) is 0 Å². The molecule has 25 heavy (non-hydrogen) atoms. The molecule has 0 atom stereocenters. The molecule has 0 bridgehead atoms. The third-order valence-electron chi connectivity index (χ3n) is 4.07. The second kappa shape index (κ2) is 7.01. The van der Waals surface area contributed by atoms with Crippen LogP contribution in [0, 0.1) is 0 Å². The topological polar surface area (TPSA) is 55.1 Å². The van der Waals surface area contributed by atoms with E-state index in [9.17, 15) is 0 Å². The minimum Gasteiger partial charge on any atom is -0.308 e. The average Bonchev–Trinajstić information content (AvgIpc) is 3.13. The van der Waals surface area contributed by atoms with Gasteiger partial charge in [-0.1, -0.05) is 60.1 Å². The second-order valence-electron chi connectivity index (χ2n) is 5.76. The van der Waals surface area contributed by atoms with Crippen molar-refractivity contribution in [2.75, 3.05) is 0 Å². The van der Waals surface area contributed by atoms with Crippen molar-refractivity contribution in [2.45, 2.75) is 13.1 Å². The van der Waals surface area contributed by atoms with Gasteiger partial charge < -0.3 is 5.32 Å². The molecule has 2 heterocycles. The van der Waals surface area contributed by atoms with Gasteiger partial charge in [0.25, 0.3) is 0 Å². The third-order valence-corrected chi connectivity index (χ3v) is 4.44. The number of hydrogen-bond donors (Lipinski definition) is 1. The van der Waals surface area contributed by atoms with Gasteiger partial charge in [-0.15, -0.1) is 5.10 Å². The number of benzene rings is 2. The normalized spacial score (nSPS) is 11.1. The molecule has 0 saturated heterocycles. The molecule has 4 rings (SSSR count). The lowest BCUT2D eigenvalue weighted by Crippen LogP contribution is -2.14. The van der Waals surface area contributed by atoms with Gasteiger partial charge in [0.1, 0.15) is 0 Å². The Kier molecular flexibility index (Phi) is 4.41. The first kappa shape index (κ1) is 15.7. The summed E-state index contributed by atoms with van der Waals surface area (Å²) in [6.45, 7) is 1.33. The molecule has 2 aromatic carbocycles. The molecule has 0 aliphatic carbocycles. The molecule has 0 aliphatic heterocycles. The molecule has 0 saturated carbocycles. The van der Waals surface area contributed by atoms with Crippen LogP contribution < -0.4 is 5.32 Å². The van der Waals surface area contributed by atoms with E-state index in [1.807, 2.05) is 48.7 Å². The Labute approximate surface area is 150 Å². The van der Waals surface area contributed by atoms with E-state index < -0.39 is 0 Å². The molecule has 0 fully saturated rings. The maximum absolute atomic E-state index is 6.21. The van der Waals surface area contributed by atoms with Crippen LogP contribution in [0.25, 0.3) is 16.8 Å². The minimum absolute atomic E-state index is 0.649. The van der Waals surface area contributed by atoms with E-state index >= 15 is 0 Å². The van der Waals surface area contributed by atoms with Crippen LogP contribution in [0.5, 0.6) is 0 Å². The van der Waals surface area contributed by atoms with E-state index in [-0.39, 0.29) is 0 Å². The molecule has 1 N–H and O–H groups in total. The van der Waals surface area contributed by atoms with Gasteiger partial charge in [-0.2, -0.15) is 4.52 Å². The SMILES string of the molecule is Clc1ccccc1CNCc1cc(-c2ccccc2)cn2nnnc12. The molecular formula is C19H16ClN5. The van der Waals surface area contributed by atoms with Crippen LogP contribution in [0.2, 0.25) is 5.02 Å². The monoisotopic (exact) mass is 349 g/mol. The van der Waals surface area contributed by atoms with Crippen LogP contribution in [0.3, 0.4) is 0 Å².